The van der Waals surface area contributed by atoms with Gasteiger partial charge in [0.15, 0.2) is 0 Å². The van der Waals surface area contributed by atoms with Gasteiger partial charge in [-0.15, -0.1) is 0 Å². The molecule has 0 aromatic rings. The number of rotatable bonds is 0. The second-order valence-electron chi connectivity index (χ2n) is 0. The molecule has 0 fully saturated rings. The van der Waals surface area contributed by atoms with Crippen molar-refractivity contribution >= 4 is 25.8 Å². The maximum Gasteiger partial charge on any atom is 3.00 e. The van der Waals surface area contributed by atoms with Crippen molar-refractivity contribution in [1.29, 1.82) is 0 Å². The van der Waals surface area contributed by atoms with Gasteiger partial charge in [0.2, 0.25) is 0 Å². The van der Waals surface area contributed by atoms with Gasteiger partial charge < -0.3 is 11.0 Å². The molecule has 16 valence electrons. The Morgan fingerprint density at radius 1 is 0.750 bits per heavy atom. The summed E-state index contributed by atoms with van der Waals surface area (Å²) in [6, 6.07) is 0. The van der Waals surface area contributed by atoms with Gasteiger partial charge in [-0.3, -0.25) is 0 Å². The SMILES string of the molecule is [Cd+2].[In+3].[O-2].[O-2]. The first-order valence-electron chi connectivity index (χ1n) is 0. The van der Waals surface area contributed by atoms with Crippen LogP contribution in [0, 0.1) is 0 Å². The minimum atomic E-state index is 0. The van der Waals surface area contributed by atoms with E-state index in [1.165, 1.54) is 0 Å². The van der Waals surface area contributed by atoms with E-state index >= 15 is 0 Å². The Kier molecular flexibility index (Phi) is 240. The summed E-state index contributed by atoms with van der Waals surface area (Å²) in [6.45, 7) is 0. The molecule has 0 aliphatic heterocycles. The van der Waals surface area contributed by atoms with Gasteiger partial charge >= 0.3 is 53.1 Å². The average molecular weight is 259 g/mol. The molecule has 0 rings (SSSR count). The fourth-order valence-electron chi connectivity index (χ4n) is 0. The molecule has 4 heavy (non-hydrogen) atoms. The van der Waals surface area contributed by atoms with E-state index in [1.807, 2.05) is 0 Å². The van der Waals surface area contributed by atoms with Crippen molar-refractivity contribution in [3.05, 3.63) is 0 Å². The molecule has 0 aromatic heterocycles. The first kappa shape index (κ1) is 43.3. The van der Waals surface area contributed by atoms with Crippen LogP contribution < -0.4 is 0 Å². The van der Waals surface area contributed by atoms with Crippen LogP contribution in [0.5, 0.6) is 0 Å². The van der Waals surface area contributed by atoms with Crippen LogP contribution in [0.2, 0.25) is 0 Å². The molecule has 0 spiro atoms. The Labute approximate surface area is 63.5 Å². The molecule has 0 N–H and O–H groups in total. The quantitative estimate of drug-likeness (QED) is 0.521. The summed E-state index contributed by atoms with van der Waals surface area (Å²) in [5, 5.41) is 0. The van der Waals surface area contributed by atoms with Gasteiger partial charge in [-0.2, -0.15) is 0 Å². The van der Waals surface area contributed by atoms with Crippen LogP contribution in [0.3, 0.4) is 0 Å². The molecule has 0 saturated heterocycles. The molecule has 0 radical (unpaired) electrons. The summed E-state index contributed by atoms with van der Waals surface area (Å²) in [5.74, 6) is 0. The first-order chi connectivity index (χ1) is 0. The van der Waals surface area contributed by atoms with Crippen LogP contribution in [0.1, 0.15) is 0 Å². The fourth-order valence-corrected chi connectivity index (χ4v) is 0. The van der Waals surface area contributed by atoms with Gasteiger partial charge in [0.1, 0.15) is 0 Å². The third-order valence-corrected chi connectivity index (χ3v) is 0. The second-order valence-corrected chi connectivity index (χ2v) is 0. The van der Waals surface area contributed by atoms with E-state index in [0.717, 1.165) is 0 Å². The van der Waals surface area contributed by atoms with Gasteiger partial charge in [-0.05, 0) is 0 Å². The Bertz CT molecular complexity index is 6.00. The molecule has 0 amide bonds. The molecule has 2 nitrogen and oxygen atoms in total. The zero-order valence-electron chi connectivity index (χ0n) is 2.10. The molecule has 0 bridgehead atoms. The normalized spacial score (nSPS) is 0. The van der Waals surface area contributed by atoms with Crippen molar-refractivity contribution in [2.75, 3.05) is 0 Å². The molecule has 0 aliphatic rings. The maximum absolute atomic E-state index is 0. The monoisotopic (exact) mass is 261 g/mol. The summed E-state index contributed by atoms with van der Waals surface area (Å²) in [7, 11) is 0. The summed E-state index contributed by atoms with van der Waals surface area (Å²) >= 11 is 0. The predicted molar refractivity (Wildman–Crippen MR) is 7.13 cm³/mol. The second kappa shape index (κ2) is 22.2. The summed E-state index contributed by atoms with van der Waals surface area (Å²) in [4.78, 5) is 0. The van der Waals surface area contributed by atoms with Gasteiger partial charge in [-0.1, -0.05) is 0 Å². The van der Waals surface area contributed by atoms with Crippen molar-refractivity contribution in [3.8, 4) is 0 Å². The van der Waals surface area contributed by atoms with E-state index in [2.05, 4.69) is 0 Å². The van der Waals surface area contributed by atoms with Crippen LogP contribution in [0.4, 0.5) is 0 Å². The Morgan fingerprint density at radius 3 is 0.750 bits per heavy atom. The topological polar surface area (TPSA) is 57.0 Å². The standard InChI is InChI=1S/Cd.In.2O/q+2;+3;2*-2. The van der Waals surface area contributed by atoms with Crippen molar-refractivity contribution in [1.82, 2.24) is 0 Å². The Balaban J connectivity index is 0. The van der Waals surface area contributed by atoms with Crippen LogP contribution >= 0.6 is 0 Å². The third kappa shape index (κ3) is 9.31. The van der Waals surface area contributed by atoms with Gasteiger partial charge in [-0.25, -0.2) is 0 Å². The average Bonchev–Trinajstić information content (AvgIpc) is 0. The fraction of sp³-hybridized carbons (Fsp3) is 0. The predicted octanol–water partition coefficient (Wildman–Crippen LogP) is -0.621. The minimum Gasteiger partial charge on any atom is -2.00 e. The minimum absolute atomic E-state index is 0. The van der Waals surface area contributed by atoms with E-state index < -0.39 is 0 Å². The van der Waals surface area contributed by atoms with E-state index in [9.17, 15) is 0 Å². The summed E-state index contributed by atoms with van der Waals surface area (Å²) < 4.78 is 0. The van der Waals surface area contributed by atoms with E-state index in [4.69, 9.17) is 0 Å². The molecular formula is CdInO2+. The molecule has 0 aromatic carbocycles. The summed E-state index contributed by atoms with van der Waals surface area (Å²) in [6.07, 6.45) is 0. The molecule has 0 atom stereocenters. The van der Waals surface area contributed by atoms with Crippen LogP contribution in [-0.2, 0) is 38.3 Å². The van der Waals surface area contributed by atoms with E-state index in [1.54, 1.807) is 0 Å². The number of hydrogen-bond acceptors (Lipinski definition) is 0. The molecular weight excluding hydrogens is 259 g/mol. The van der Waals surface area contributed by atoms with E-state index in [0.29, 0.717) is 0 Å². The van der Waals surface area contributed by atoms with Crippen molar-refractivity contribution < 1.29 is 38.3 Å². The maximum atomic E-state index is 0. The molecule has 0 heterocycles. The van der Waals surface area contributed by atoms with Crippen LogP contribution in [0.25, 0.3) is 0 Å². The first-order valence-corrected chi connectivity index (χ1v) is 0. The van der Waals surface area contributed by atoms with Gasteiger partial charge in [0, 0.05) is 0 Å². The number of hydrogen-bond donors (Lipinski definition) is 0. The molecule has 4 heteroatoms. The Morgan fingerprint density at radius 2 is 0.750 bits per heavy atom. The molecule has 0 saturated carbocycles. The van der Waals surface area contributed by atoms with Crippen LogP contribution in [0.15, 0.2) is 0 Å². The smallest absolute Gasteiger partial charge is 2.00 e. The zero-order valence-corrected chi connectivity index (χ0v) is 9.43. The van der Waals surface area contributed by atoms with E-state index in [-0.39, 0.29) is 64.1 Å². The zero-order chi connectivity index (χ0) is 0. The van der Waals surface area contributed by atoms with Crippen molar-refractivity contribution in [3.63, 3.8) is 0 Å². The third-order valence-electron chi connectivity index (χ3n) is 0. The van der Waals surface area contributed by atoms with Crippen LogP contribution in [-0.4, -0.2) is 25.8 Å². The van der Waals surface area contributed by atoms with Crippen molar-refractivity contribution in [2.24, 2.45) is 0 Å². The summed E-state index contributed by atoms with van der Waals surface area (Å²) in [5.41, 5.74) is 0. The van der Waals surface area contributed by atoms with Gasteiger partial charge in [0.05, 0.1) is 0 Å². The molecule has 0 aliphatic carbocycles. The van der Waals surface area contributed by atoms with Gasteiger partial charge in [0.25, 0.3) is 0 Å². The largest absolute Gasteiger partial charge is 3.00 e. The van der Waals surface area contributed by atoms with Crippen molar-refractivity contribution in [2.45, 2.75) is 0 Å². The Hall–Kier alpha value is 1.71. The molecule has 0 unspecified atom stereocenters.